The Morgan fingerprint density at radius 2 is 2.00 bits per heavy atom. The van der Waals surface area contributed by atoms with Gasteiger partial charge in [0.1, 0.15) is 5.76 Å². The van der Waals surface area contributed by atoms with Crippen LogP contribution in [0, 0.1) is 5.92 Å². The van der Waals surface area contributed by atoms with Gasteiger partial charge in [0, 0.05) is 19.2 Å². The molecular weight excluding hydrogens is 278 g/mol. The number of benzene rings is 1. The lowest BCUT2D eigenvalue weighted by molar-refractivity contribution is 0.0922. The van der Waals surface area contributed by atoms with E-state index in [1.807, 2.05) is 37.3 Å². The molecule has 0 aliphatic carbocycles. The predicted molar refractivity (Wildman–Crippen MR) is 86.7 cm³/mol. The Kier molecular flexibility index (Phi) is 5.39. The number of rotatable bonds is 6. The van der Waals surface area contributed by atoms with Gasteiger partial charge in [-0.3, -0.25) is 4.79 Å². The minimum absolute atomic E-state index is 0.0173. The van der Waals surface area contributed by atoms with Crippen molar-refractivity contribution in [2.45, 2.75) is 26.9 Å². The molecule has 2 aromatic rings. The topological polar surface area (TPSA) is 51.5 Å². The molecule has 0 aliphatic heterocycles. The average molecular weight is 301 g/mol. The maximum atomic E-state index is 12.0. The van der Waals surface area contributed by atoms with Crippen molar-refractivity contribution in [1.82, 2.24) is 5.32 Å². The summed E-state index contributed by atoms with van der Waals surface area (Å²) in [6.07, 6.45) is 0.0173. The third-order valence-electron chi connectivity index (χ3n) is 3.49. The van der Waals surface area contributed by atoms with Crippen LogP contribution in [-0.2, 0) is 4.74 Å². The molecule has 1 N–H and O–H groups in total. The zero-order valence-electron chi connectivity index (χ0n) is 13.6. The van der Waals surface area contributed by atoms with Crippen LogP contribution in [0.15, 0.2) is 40.8 Å². The minimum atomic E-state index is -0.179. The Bertz CT molecular complexity index is 631. The first kappa shape index (κ1) is 16.3. The summed E-state index contributed by atoms with van der Waals surface area (Å²) in [6, 6.07) is 11.5. The highest BCUT2D eigenvalue weighted by atomic mass is 16.5. The molecule has 4 nitrogen and oxygen atoms in total. The van der Waals surface area contributed by atoms with Crippen molar-refractivity contribution in [2.24, 2.45) is 5.92 Å². The maximum Gasteiger partial charge on any atom is 0.287 e. The molecule has 4 heteroatoms. The second-order valence-electron chi connectivity index (χ2n) is 5.77. The molecule has 0 fully saturated rings. The van der Waals surface area contributed by atoms with E-state index < -0.39 is 0 Å². The summed E-state index contributed by atoms with van der Waals surface area (Å²) in [5.74, 6) is 1.24. The van der Waals surface area contributed by atoms with Gasteiger partial charge in [-0.25, -0.2) is 0 Å². The average Bonchev–Trinajstić information content (AvgIpc) is 3.02. The molecule has 0 saturated carbocycles. The highest BCUT2D eigenvalue weighted by Crippen LogP contribution is 2.26. The van der Waals surface area contributed by atoms with Gasteiger partial charge in [-0.1, -0.05) is 32.0 Å². The molecule has 2 rings (SSSR count). The summed E-state index contributed by atoms with van der Waals surface area (Å²) < 4.78 is 11.0. The number of nitrogens with one attached hydrogen (secondary N) is 1. The van der Waals surface area contributed by atoms with Gasteiger partial charge in [-0.05, 0) is 36.6 Å². The lowest BCUT2D eigenvalue weighted by Crippen LogP contribution is -2.26. The van der Waals surface area contributed by atoms with Crippen molar-refractivity contribution in [3.8, 4) is 11.3 Å². The fourth-order valence-corrected chi connectivity index (χ4v) is 2.08. The molecule has 1 atom stereocenters. The molecular formula is C18H23NO3. The van der Waals surface area contributed by atoms with Crippen molar-refractivity contribution in [3.05, 3.63) is 47.7 Å². The van der Waals surface area contributed by atoms with Gasteiger partial charge >= 0.3 is 0 Å². The summed E-state index contributed by atoms with van der Waals surface area (Å²) >= 11 is 0. The van der Waals surface area contributed by atoms with Gasteiger partial charge in [0.15, 0.2) is 5.76 Å². The Balaban J connectivity index is 2.16. The van der Waals surface area contributed by atoms with Gasteiger partial charge in [0.2, 0.25) is 0 Å². The predicted octanol–water partition coefficient (Wildman–Crippen LogP) is 4.04. The molecule has 0 saturated heterocycles. The summed E-state index contributed by atoms with van der Waals surface area (Å²) in [5.41, 5.74) is 2.01. The molecule has 1 aromatic carbocycles. The van der Waals surface area contributed by atoms with E-state index in [1.165, 1.54) is 0 Å². The van der Waals surface area contributed by atoms with Gasteiger partial charge in [0.05, 0.1) is 6.10 Å². The molecule has 0 aliphatic rings. The van der Waals surface area contributed by atoms with Gasteiger partial charge in [-0.15, -0.1) is 0 Å². The van der Waals surface area contributed by atoms with Crippen LogP contribution in [-0.4, -0.2) is 19.6 Å². The van der Waals surface area contributed by atoms with E-state index in [9.17, 15) is 4.79 Å². The molecule has 1 heterocycles. The second-order valence-corrected chi connectivity index (χ2v) is 5.77. The number of ether oxygens (including phenoxy) is 1. The van der Waals surface area contributed by atoms with Crippen molar-refractivity contribution < 1.29 is 13.9 Å². The number of hydrogen-bond donors (Lipinski definition) is 1. The number of hydrogen-bond acceptors (Lipinski definition) is 3. The lowest BCUT2D eigenvalue weighted by Gasteiger charge is -2.10. The van der Waals surface area contributed by atoms with Gasteiger partial charge in [0.25, 0.3) is 5.91 Å². The first-order valence-electron chi connectivity index (χ1n) is 7.52. The van der Waals surface area contributed by atoms with E-state index in [-0.39, 0.29) is 12.0 Å². The SMILES string of the molecule is COC(C)c1cccc(-c2ccc(C(=O)NCC(C)C)o2)c1. The summed E-state index contributed by atoms with van der Waals surface area (Å²) in [4.78, 5) is 12.0. The molecule has 0 bridgehead atoms. The molecule has 0 spiro atoms. The van der Waals surface area contributed by atoms with Crippen LogP contribution < -0.4 is 5.32 Å². The molecule has 22 heavy (non-hydrogen) atoms. The second kappa shape index (κ2) is 7.27. The fourth-order valence-electron chi connectivity index (χ4n) is 2.08. The molecule has 118 valence electrons. The van der Waals surface area contributed by atoms with Crippen LogP contribution in [0.4, 0.5) is 0 Å². The monoisotopic (exact) mass is 301 g/mol. The quantitative estimate of drug-likeness (QED) is 0.876. The van der Waals surface area contributed by atoms with Gasteiger partial charge < -0.3 is 14.5 Å². The summed E-state index contributed by atoms with van der Waals surface area (Å²) in [5, 5.41) is 2.85. The molecule has 1 aromatic heterocycles. The van der Waals surface area contributed by atoms with Crippen molar-refractivity contribution in [3.63, 3.8) is 0 Å². The standard InChI is InChI=1S/C18H23NO3/c1-12(2)11-19-18(20)17-9-8-16(22-17)15-7-5-6-14(10-15)13(3)21-4/h5-10,12-13H,11H2,1-4H3,(H,19,20). The van der Waals surface area contributed by atoms with Crippen molar-refractivity contribution in [2.75, 3.05) is 13.7 Å². The third-order valence-corrected chi connectivity index (χ3v) is 3.49. The first-order chi connectivity index (χ1) is 10.5. The number of furan rings is 1. The maximum absolute atomic E-state index is 12.0. The number of methoxy groups -OCH3 is 1. The highest BCUT2D eigenvalue weighted by Gasteiger charge is 2.13. The van der Waals surface area contributed by atoms with E-state index in [0.29, 0.717) is 24.0 Å². The third kappa shape index (κ3) is 3.98. The first-order valence-corrected chi connectivity index (χ1v) is 7.52. The van der Waals surface area contributed by atoms with Crippen molar-refractivity contribution >= 4 is 5.91 Å². The lowest BCUT2D eigenvalue weighted by atomic mass is 10.1. The smallest absolute Gasteiger partial charge is 0.287 e. The van der Waals surface area contributed by atoms with E-state index in [0.717, 1.165) is 11.1 Å². The van der Waals surface area contributed by atoms with Crippen LogP contribution in [0.25, 0.3) is 11.3 Å². The minimum Gasteiger partial charge on any atom is -0.451 e. The highest BCUT2D eigenvalue weighted by molar-refractivity contribution is 5.92. The van der Waals surface area contributed by atoms with Crippen LogP contribution in [0.1, 0.15) is 43.0 Å². The fraction of sp³-hybridized carbons (Fsp3) is 0.389. The zero-order chi connectivity index (χ0) is 16.1. The number of carbonyl (C=O) groups excluding carboxylic acids is 1. The van der Waals surface area contributed by atoms with Crippen LogP contribution in [0.2, 0.25) is 0 Å². The number of amides is 1. The van der Waals surface area contributed by atoms with E-state index >= 15 is 0 Å². The summed E-state index contributed by atoms with van der Waals surface area (Å²) in [7, 11) is 1.68. The molecule has 0 radical (unpaired) electrons. The molecule has 1 amide bonds. The Morgan fingerprint density at radius 3 is 2.68 bits per heavy atom. The van der Waals surface area contributed by atoms with E-state index in [4.69, 9.17) is 9.15 Å². The van der Waals surface area contributed by atoms with Crippen molar-refractivity contribution in [1.29, 1.82) is 0 Å². The Morgan fingerprint density at radius 1 is 1.23 bits per heavy atom. The Labute approximate surface area is 131 Å². The van der Waals surface area contributed by atoms with Gasteiger partial charge in [-0.2, -0.15) is 0 Å². The Hall–Kier alpha value is -2.07. The largest absolute Gasteiger partial charge is 0.451 e. The zero-order valence-corrected chi connectivity index (χ0v) is 13.6. The van der Waals surface area contributed by atoms with E-state index in [1.54, 1.807) is 13.2 Å². The van der Waals surface area contributed by atoms with Crippen LogP contribution in [0.5, 0.6) is 0 Å². The molecule has 1 unspecified atom stereocenters. The number of carbonyl (C=O) groups is 1. The van der Waals surface area contributed by atoms with Crippen LogP contribution in [0.3, 0.4) is 0 Å². The summed E-state index contributed by atoms with van der Waals surface area (Å²) in [6.45, 7) is 6.73. The normalized spacial score (nSPS) is 12.4. The van der Waals surface area contributed by atoms with Crippen LogP contribution >= 0.6 is 0 Å². The van der Waals surface area contributed by atoms with E-state index in [2.05, 4.69) is 19.2 Å².